The third-order valence-electron chi connectivity index (χ3n) is 5.01. The molecule has 3 heterocycles. The maximum Gasteiger partial charge on any atom is 0.271 e. The summed E-state index contributed by atoms with van der Waals surface area (Å²) in [5.41, 5.74) is 3.74. The summed E-state index contributed by atoms with van der Waals surface area (Å²) in [6, 6.07) is 9.26. The molecule has 0 aliphatic carbocycles. The van der Waals surface area contributed by atoms with Crippen molar-refractivity contribution in [3.8, 4) is 11.3 Å². The molecule has 1 saturated heterocycles. The minimum atomic E-state index is -0.123. The molecular weight excluding hydrogens is 368 g/mol. The minimum Gasteiger partial charge on any atom is -0.337 e. The number of H-pyrrole nitrogens is 1. The molecule has 0 radical (unpaired) electrons. The van der Waals surface area contributed by atoms with Crippen LogP contribution in [-0.2, 0) is 4.79 Å². The van der Waals surface area contributed by atoms with Crippen LogP contribution in [-0.4, -0.2) is 50.0 Å². The molecule has 4 rings (SSSR count). The lowest BCUT2D eigenvalue weighted by molar-refractivity contribution is -0.114. The van der Waals surface area contributed by atoms with Gasteiger partial charge in [-0.1, -0.05) is 12.1 Å². The second-order valence-electron chi connectivity index (χ2n) is 7.11. The van der Waals surface area contributed by atoms with Crippen molar-refractivity contribution in [2.45, 2.75) is 25.7 Å². The molecule has 0 unspecified atom stereocenters. The van der Waals surface area contributed by atoms with Crippen molar-refractivity contribution in [3.63, 3.8) is 0 Å². The van der Waals surface area contributed by atoms with Crippen molar-refractivity contribution in [1.82, 2.24) is 25.1 Å². The van der Waals surface area contributed by atoms with Crippen LogP contribution in [0.25, 0.3) is 11.3 Å². The fourth-order valence-electron chi connectivity index (χ4n) is 3.75. The Morgan fingerprint density at radius 1 is 1.17 bits per heavy atom. The SMILES string of the molecule is CC(=O)Nc1cccc(-c2nccnc2[C@@H]2CCCN(C(=O)c3ccn[nH]3)C2)c1. The fourth-order valence-corrected chi connectivity index (χ4v) is 3.75. The van der Waals surface area contributed by atoms with Crippen molar-refractivity contribution in [2.24, 2.45) is 0 Å². The standard InChI is InChI=1S/C21H22N6O2/c1-14(28)25-17-6-2-4-15(12-17)19-20(23-10-9-22-19)16-5-3-11-27(13-16)21(29)18-7-8-24-26-18/h2,4,6-10,12,16H,3,5,11,13H2,1H3,(H,24,26)(H,25,28)/t16-/m1/s1. The highest BCUT2D eigenvalue weighted by molar-refractivity contribution is 5.92. The topological polar surface area (TPSA) is 104 Å². The van der Waals surface area contributed by atoms with Gasteiger partial charge in [0, 0.05) is 55.8 Å². The van der Waals surface area contributed by atoms with Gasteiger partial charge in [0.25, 0.3) is 5.91 Å². The zero-order valence-corrected chi connectivity index (χ0v) is 16.1. The van der Waals surface area contributed by atoms with Gasteiger partial charge in [0.15, 0.2) is 0 Å². The molecule has 148 valence electrons. The van der Waals surface area contributed by atoms with Crippen LogP contribution in [0.4, 0.5) is 5.69 Å². The Hall–Kier alpha value is -3.55. The molecule has 0 saturated carbocycles. The van der Waals surface area contributed by atoms with Gasteiger partial charge in [-0.25, -0.2) is 0 Å². The second kappa shape index (κ2) is 8.22. The van der Waals surface area contributed by atoms with Gasteiger partial charge in [0.1, 0.15) is 5.69 Å². The highest BCUT2D eigenvalue weighted by Crippen LogP contribution is 2.33. The van der Waals surface area contributed by atoms with Crippen LogP contribution in [0.15, 0.2) is 48.9 Å². The van der Waals surface area contributed by atoms with Gasteiger partial charge in [-0.05, 0) is 31.0 Å². The molecule has 3 aromatic rings. The molecule has 1 aromatic carbocycles. The van der Waals surface area contributed by atoms with Gasteiger partial charge in [-0.2, -0.15) is 5.10 Å². The molecule has 1 aliphatic rings. The number of benzene rings is 1. The van der Waals surface area contributed by atoms with Crippen LogP contribution in [0, 0.1) is 0 Å². The van der Waals surface area contributed by atoms with E-state index in [1.54, 1.807) is 24.7 Å². The molecule has 8 heteroatoms. The van der Waals surface area contributed by atoms with Crippen LogP contribution in [0.5, 0.6) is 0 Å². The van der Waals surface area contributed by atoms with E-state index in [-0.39, 0.29) is 17.7 Å². The predicted molar refractivity (Wildman–Crippen MR) is 108 cm³/mol. The van der Waals surface area contributed by atoms with Gasteiger partial charge in [-0.15, -0.1) is 0 Å². The van der Waals surface area contributed by atoms with E-state index in [2.05, 4.69) is 25.5 Å². The fraction of sp³-hybridized carbons (Fsp3) is 0.286. The number of carbonyl (C=O) groups excluding carboxylic acids is 2. The molecular formula is C21H22N6O2. The summed E-state index contributed by atoms with van der Waals surface area (Å²) in [6.45, 7) is 2.77. The first-order valence-corrected chi connectivity index (χ1v) is 9.59. The molecule has 1 fully saturated rings. The number of hydrogen-bond donors (Lipinski definition) is 2. The monoisotopic (exact) mass is 390 g/mol. The molecule has 0 spiro atoms. The Kier molecular flexibility index (Phi) is 5.33. The largest absolute Gasteiger partial charge is 0.337 e. The Morgan fingerprint density at radius 2 is 2.03 bits per heavy atom. The summed E-state index contributed by atoms with van der Waals surface area (Å²) in [5.74, 6) is -0.0872. The zero-order valence-electron chi connectivity index (χ0n) is 16.1. The van der Waals surface area contributed by atoms with E-state index in [1.165, 1.54) is 6.92 Å². The number of nitrogens with zero attached hydrogens (tertiary/aromatic N) is 4. The Labute approximate surface area is 168 Å². The average molecular weight is 390 g/mol. The number of rotatable bonds is 4. The van der Waals surface area contributed by atoms with Crippen molar-refractivity contribution in [2.75, 3.05) is 18.4 Å². The third kappa shape index (κ3) is 4.16. The lowest BCUT2D eigenvalue weighted by Gasteiger charge is -2.32. The van der Waals surface area contributed by atoms with Gasteiger partial charge >= 0.3 is 0 Å². The maximum absolute atomic E-state index is 12.7. The maximum atomic E-state index is 12.7. The molecule has 29 heavy (non-hydrogen) atoms. The quantitative estimate of drug-likeness (QED) is 0.713. The van der Waals surface area contributed by atoms with Crippen LogP contribution in [0.3, 0.4) is 0 Å². The Morgan fingerprint density at radius 3 is 2.83 bits per heavy atom. The minimum absolute atomic E-state index is 0.0507. The van der Waals surface area contributed by atoms with Crippen LogP contribution >= 0.6 is 0 Å². The van der Waals surface area contributed by atoms with Gasteiger partial charge in [0.05, 0.1) is 11.4 Å². The number of likely N-dealkylation sites (tertiary alicyclic amines) is 1. The second-order valence-corrected chi connectivity index (χ2v) is 7.11. The van der Waals surface area contributed by atoms with Crippen molar-refractivity contribution in [3.05, 3.63) is 60.3 Å². The summed E-state index contributed by atoms with van der Waals surface area (Å²) in [7, 11) is 0. The normalized spacial score (nSPS) is 16.4. The lowest BCUT2D eigenvalue weighted by atomic mass is 9.91. The third-order valence-corrected chi connectivity index (χ3v) is 5.01. The molecule has 8 nitrogen and oxygen atoms in total. The smallest absolute Gasteiger partial charge is 0.271 e. The van der Waals surface area contributed by atoms with E-state index in [1.807, 2.05) is 29.2 Å². The van der Waals surface area contributed by atoms with E-state index in [9.17, 15) is 9.59 Å². The Bertz CT molecular complexity index is 1020. The number of aromatic nitrogens is 4. The number of carbonyl (C=O) groups is 2. The Balaban J connectivity index is 1.61. The molecule has 2 amide bonds. The number of nitrogens with one attached hydrogen (secondary N) is 2. The van der Waals surface area contributed by atoms with Crippen molar-refractivity contribution < 1.29 is 9.59 Å². The van der Waals surface area contributed by atoms with Gasteiger partial charge in [0.2, 0.25) is 5.91 Å². The molecule has 1 atom stereocenters. The summed E-state index contributed by atoms with van der Waals surface area (Å²) < 4.78 is 0. The van der Waals surface area contributed by atoms with Crippen molar-refractivity contribution in [1.29, 1.82) is 0 Å². The van der Waals surface area contributed by atoms with E-state index in [4.69, 9.17) is 0 Å². The van der Waals surface area contributed by atoms with Crippen LogP contribution in [0.2, 0.25) is 0 Å². The van der Waals surface area contributed by atoms with E-state index >= 15 is 0 Å². The van der Waals surface area contributed by atoms with Crippen molar-refractivity contribution >= 4 is 17.5 Å². The first kappa shape index (κ1) is 18.8. The summed E-state index contributed by atoms with van der Waals surface area (Å²) >= 11 is 0. The highest BCUT2D eigenvalue weighted by Gasteiger charge is 2.29. The lowest BCUT2D eigenvalue weighted by Crippen LogP contribution is -2.39. The summed E-state index contributed by atoms with van der Waals surface area (Å²) in [5, 5.41) is 9.42. The van der Waals surface area contributed by atoms with Crippen LogP contribution in [0.1, 0.15) is 41.9 Å². The molecule has 2 aromatic heterocycles. The average Bonchev–Trinajstić information content (AvgIpc) is 3.28. The first-order valence-electron chi connectivity index (χ1n) is 9.59. The number of piperidine rings is 1. The zero-order chi connectivity index (χ0) is 20.2. The van der Waals surface area contributed by atoms with Gasteiger partial charge in [-0.3, -0.25) is 24.7 Å². The number of hydrogen-bond acceptors (Lipinski definition) is 5. The number of anilines is 1. The van der Waals surface area contributed by atoms with E-state index < -0.39 is 0 Å². The molecule has 1 aliphatic heterocycles. The number of amides is 2. The summed E-state index contributed by atoms with van der Waals surface area (Å²) in [4.78, 5) is 35.1. The van der Waals surface area contributed by atoms with Crippen LogP contribution < -0.4 is 5.32 Å². The number of aromatic amines is 1. The predicted octanol–water partition coefficient (Wildman–Crippen LogP) is 2.84. The highest BCUT2D eigenvalue weighted by atomic mass is 16.2. The molecule has 0 bridgehead atoms. The van der Waals surface area contributed by atoms with Gasteiger partial charge < -0.3 is 10.2 Å². The first-order chi connectivity index (χ1) is 14.1. The summed E-state index contributed by atoms with van der Waals surface area (Å²) in [6.07, 6.45) is 6.76. The van der Waals surface area contributed by atoms with E-state index in [0.29, 0.717) is 24.5 Å². The molecule has 2 N–H and O–H groups in total. The van der Waals surface area contributed by atoms with E-state index in [0.717, 1.165) is 29.8 Å².